The summed E-state index contributed by atoms with van der Waals surface area (Å²) in [5.41, 5.74) is 1.50. The van der Waals surface area contributed by atoms with E-state index in [0.29, 0.717) is 0 Å². The second kappa shape index (κ2) is 3.38. The molecule has 1 heterocycles. The van der Waals surface area contributed by atoms with E-state index in [9.17, 15) is 9.59 Å². The molecule has 1 atom stereocenters. The van der Waals surface area contributed by atoms with Gasteiger partial charge in [0.15, 0.2) is 5.92 Å². The van der Waals surface area contributed by atoms with Gasteiger partial charge in [-0.25, -0.2) is 0 Å². The molecular weight excluding hydrogens is 194 g/mol. The van der Waals surface area contributed by atoms with Crippen LogP contribution in [0.1, 0.15) is 11.5 Å². The molecule has 1 aromatic carbocycles. The lowest BCUT2D eigenvalue weighted by molar-refractivity contribution is -0.145. The monoisotopic (exact) mass is 205 g/mol. The first-order chi connectivity index (χ1) is 7.16. The number of hydrogen-bond donors (Lipinski definition) is 0. The van der Waals surface area contributed by atoms with Gasteiger partial charge in [-0.1, -0.05) is 18.2 Å². The molecule has 0 saturated carbocycles. The quantitative estimate of drug-likeness (QED) is 0.506. The molecule has 0 bridgehead atoms. The van der Waals surface area contributed by atoms with Crippen molar-refractivity contribution in [3.63, 3.8) is 0 Å². The Balaban J connectivity index is 2.51. The predicted octanol–water partition coefficient (Wildman–Crippen LogP) is 0.920. The number of hydrogen-bond acceptors (Lipinski definition) is 3. The molecule has 1 aliphatic heterocycles. The highest BCUT2D eigenvalue weighted by atomic mass is 16.5. The second-order valence-corrected chi connectivity index (χ2v) is 3.41. The molecule has 0 N–H and O–H groups in total. The van der Waals surface area contributed by atoms with Crippen LogP contribution in [-0.4, -0.2) is 26.0 Å². The molecule has 15 heavy (non-hydrogen) atoms. The van der Waals surface area contributed by atoms with Crippen molar-refractivity contribution in [1.29, 1.82) is 0 Å². The van der Waals surface area contributed by atoms with E-state index in [1.807, 2.05) is 12.1 Å². The SMILES string of the molecule is COC(=O)C1C(=O)N(C)c2ccccc21. The van der Waals surface area contributed by atoms with Crippen molar-refractivity contribution in [3.05, 3.63) is 29.8 Å². The van der Waals surface area contributed by atoms with Crippen LogP contribution in [0, 0.1) is 0 Å². The Kier molecular flexibility index (Phi) is 2.19. The summed E-state index contributed by atoms with van der Waals surface area (Å²) in [7, 11) is 2.95. The van der Waals surface area contributed by atoms with Gasteiger partial charge in [-0.2, -0.15) is 0 Å². The maximum absolute atomic E-state index is 11.8. The summed E-state index contributed by atoms with van der Waals surface area (Å²) in [6.07, 6.45) is 0. The average molecular weight is 205 g/mol. The highest BCUT2D eigenvalue weighted by molar-refractivity contribution is 6.15. The van der Waals surface area contributed by atoms with Crippen molar-refractivity contribution in [2.24, 2.45) is 0 Å². The van der Waals surface area contributed by atoms with Crippen LogP contribution in [0.3, 0.4) is 0 Å². The van der Waals surface area contributed by atoms with Gasteiger partial charge in [-0.15, -0.1) is 0 Å². The van der Waals surface area contributed by atoms with Gasteiger partial charge in [0.1, 0.15) is 0 Å². The summed E-state index contributed by atoms with van der Waals surface area (Å²) in [5, 5.41) is 0. The maximum Gasteiger partial charge on any atom is 0.322 e. The van der Waals surface area contributed by atoms with Crippen LogP contribution in [-0.2, 0) is 14.3 Å². The minimum Gasteiger partial charge on any atom is -0.468 e. The van der Waals surface area contributed by atoms with Crippen molar-refractivity contribution in [2.45, 2.75) is 5.92 Å². The number of ether oxygens (including phenoxy) is 1. The molecule has 1 amide bonds. The van der Waals surface area contributed by atoms with Crippen LogP contribution in [0.5, 0.6) is 0 Å². The Hall–Kier alpha value is -1.84. The van der Waals surface area contributed by atoms with Gasteiger partial charge in [-0.05, 0) is 11.6 Å². The van der Waals surface area contributed by atoms with Gasteiger partial charge in [-0.3, -0.25) is 9.59 Å². The van der Waals surface area contributed by atoms with E-state index in [4.69, 9.17) is 0 Å². The van der Waals surface area contributed by atoms with Gasteiger partial charge in [0.2, 0.25) is 5.91 Å². The number of nitrogens with zero attached hydrogens (tertiary/aromatic N) is 1. The summed E-state index contributed by atoms with van der Waals surface area (Å²) < 4.78 is 4.62. The molecule has 4 nitrogen and oxygen atoms in total. The summed E-state index contributed by atoms with van der Waals surface area (Å²) >= 11 is 0. The Bertz CT molecular complexity index is 428. The average Bonchev–Trinajstić information content (AvgIpc) is 2.52. The van der Waals surface area contributed by atoms with Crippen LogP contribution in [0.2, 0.25) is 0 Å². The molecule has 1 aromatic rings. The lowest BCUT2D eigenvalue weighted by atomic mass is 10.0. The fraction of sp³-hybridized carbons (Fsp3) is 0.273. The third-order valence-electron chi connectivity index (χ3n) is 2.62. The van der Waals surface area contributed by atoms with Crippen LogP contribution in [0.15, 0.2) is 24.3 Å². The molecule has 1 aliphatic rings. The largest absolute Gasteiger partial charge is 0.468 e. The molecular formula is C11H11NO3. The molecule has 0 aromatic heterocycles. The topological polar surface area (TPSA) is 46.6 Å². The van der Waals surface area contributed by atoms with Gasteiger partial charge in [0.25, 0.3) is 0 Å². The van der Waals surface area contributed by atoms with E-state index in [1.54, 1.807) is 19.2 Å². The smallest absolute Gasteiger partial charge is 0.322 e. The van der Waals surface area contributed by atoms with Crippen molar-refractivity contribution in [2.75, 3.05) is 19.1 Å². The molecule has 78 valence electrons. The first-order valence-corrected chi connectivity index (χ1v) is 4.61. The Morgan fingerprint density at radius 3 is 2.73 bits per heavy atom. The summed E-state index contributed by atoms with van der Waals surface area (Å²) in [5.74, 6) is -1.53. The number of para-hydroxylation sites is 1. The van der Waals surface area contributed by atoms with Gasteiger partial charge in [0.05, 0.1) is 7.11 Å². The van der Waals surface area contributed by atoms with Crippen LogP contribution in [0.4, 0.5) is 5.69 Å². The molecule has 1 unspecified atom stereocenters. The maximum atomic E-state index is 11.8. The Morgan fingerprint density at radius 2 is 2.07 bits per heavy atom. The second-order valence-electron chi connectivity index (χ2n) is 3.41. The zero-order chi connectivity index (χ0) is 11.0. The number of anilines is 1. The zero-order valence-electron chi connectivity index (χ0n) is 8.56. The third kappa shape index (κ3) is 1.29. The fourth-order valence-electron chi connectivity index (χ4n) is 1.83. The zero-order valence-corrected chi connectivity index (χ0v) is 8.56. The molecule has 2 rings (SSSR count). The third-order valence-corrected chi connectivity index (χ3v) is 2.62. The molecule has 0 fully saturated rings. The van der Waals surface area contributed by atoms with E-state index in [0.717, 1.165) is 11.3 Å². The van der Waals surface area contributed by atoms with Crippen molar-refractivity contribution >= 4 is 17.6 Å². The van der Waals surface area contributed by atoms with E-state index < -0.39 is 11.9 Å². The number of esters is 1. The van der Waals surface area contributed by atoms with Gasteiger partial charge in [0, 0.05) is 12.7 Å². The lowest BCUT2D eigenvalue weighted by Crippen LogP contribution is -2.28. The van der Waals surface area contributed by atoms with E-state index in [1.165, 1.54) is 12.0 Å². The highest BCUT2D eigenvalue weighted by Gasteiger charge is 2.40. The first-order valence-electron chi connectivity index (χ1n) is 4.61. The first kappa shape index (κ1) is 9.71. The standard InChI is InChI=1S/C11H11NO3/c1-12-8-6-4-3-5-7(8)9(10(12)13)11(14)15-2/h3-6,9H,1-2H3. The van der Waals surface area contributed by atoms with Crippen LogP contribution >= 0.6 is 0 Å². The number of carbonyl (C=O) groups excluding carboxylic acids is 2. The predicted molar refractivity (Wildman–Crippen MR) is 54.6 cm³/mol. The van der Waals surface area contributed by atoms with E-state index >= 15 is 0 Å². The fourth-order valence-corrected chi connectivity index (χ4v) is 1.83. The normalized spacial score (nSPS) is 18.9. The van der Waals surface area contributed by atoms with E-state index in [-0.39, 0.29) is 5.91 Å². The van der Waals surface area contributed by atoms with Crippen LogP contribution < -0.4 is 4.90 Å². The number of rotatable bonds is 1. The number of benzene rings is 1. The number of methoxy groups -OCH3 is 1. The number of fused-ring (bicyclic) bond motifs is 1. The highest BCUT2D eigenvalue weighted by Crippen LogP contribution is 2.36. The summed E-state index contributed by atoms with van der Waals surface area (Å²) in [6.45, 7) is 0. The Morgan fingerprint density at radius 1 is 1.40 bits per heavy atom. The van der Waals surface area contributed by atoms with Crippen LogP contribution in [0.25, 0.3) is 0 Å². The number of likely N-dealkylation sites (N-methyl/N-ethyl adjacent to an activating group) is 1. The van der Waals surface area contributed by atoms with Crippen molar-refractivity contribution in [1.82, 2.24) is 0 Å². The number of carbonyl (C=O) groups is 2. The molecule has 0 aliphatic carbocycles. The van der Waals surface area contributed by atoms with Gasteiger partial charge < -0.3 is 9.64 Å². The molecule has 0 spiro atoms. The van der Waals surface area contributed by atoms with E-state index in [2.05, 4.69) is 4.74 Å². The minimum atomic E-state index is -0.795. The summed E-state index contributed by atoms with van der Waals surface area (Å²) in [4.78, 5) is 24.7. The van der Waals surface area contributed by atoms with Gasteiger partial charge >= 0.3 is 5.97 Å². The molecule has 0 radical (unpaired) electrons. The minimum absolute atomic E-state index is 0.233. The molecule has 4 heteroatoms. The van der Waals surface area contributed by atoms with Crippen molar-refractivity contribution < 1.29 is 14.3 Å². The number of amides is 1. The Labute approximate surface area is 87.4 Å². The van der Waals surface area contributed by atoms with Crippen molar-refractivity contribution in [3.8, 4) is 0 Å². The lowest BCUT2D eigenvalue weighted by Gasteiger charge is -2.09. The summed E-state index contributed by atoms with van der Waals surface area (Å²) in [6, 6.07) is 7.23. The molecule has 0 saturated heterocycles.